The first-order valence-electron chi connectivity index (χ1n) is 19.8. The van der Waals surface area contributed by atoms with Crippen molar-refractivity contribution < 1.29 is 0 Å². The predicted octanol–water partition coefficient (Wildman–Crippen LogP) is 15.9. The Kier molecular flexibility index (Phi) is 8.69. The molecule has 10 aromatic carbocycles. The van der Waals surface area contributed by atoms with E-state index in [2.05, 4.69) is 231 Å². The Morgan fingerprint density at radius 3 is 1.32 bits per heavy atom. The van der Waals surface area contributed by atoms with Crippen LogP contribution in [0.15, 0.2) is 212 Å². The molecule has 270 valence electrons. The summed E-state index contributed by atoms with van der Waals surface area (Å²) in [6, 6.07) is 77.9. The van der Waals surface area contributed by atoms with Crippen molar-refractivity contribution in [2.45, 2.75) is 13.8 Å². The lowest BCUT2D eigenvalue weighted by Gasteiger charge is -2.27. The molecule has 0 spiro atoms. The Morgan fingerprint density at radius 1 is 0.281 bits per heavy atom. The van der Waals surface area contributed by atoms with Crippen LogP contribution in [0.3, 0.4) is 0 Å². The van der Waals surface area contributed by atoms with Crippen molar-refractivity contribution in [3.63, 3.8) is 0 Å². The molecule has 0 heterocycles. The monoisotopic (exact) mass is 727 g/mol. The third kappa shape index (κ3) is 6.24. The van der Waals surface area contributed by atoms with Gasteiger partial charge in [-0.25, -0.2) is 0 Å². The second-order valence-electron chi connectivity index (χ2n) is 15.1. The highest BCUT2D eigenvalue weighted by Crippen LogP contribution is 2.50. The summed E-state index contributed by atoms with van der Waals surface area (Å²) in [6.07, 6.45) is 0. The first-order valence-corrected chi connectivity index (χ1v) is 19.8. The van der Waals surface area contributed by atoms with Crippen LogP contribution in [0, 0.1) is 13.8 Å². The number of benzene rings is 10. The van der Waals surface area contributed by atoms with Gasteiger partial charge in [-0.15, -0.1) is 0 Å². The van der Waals surface area contributed by atoms with Crippen LogP contribution >= 0.6 is 0 Å². The lowest BCUT2D eigenvalue weighted by atomic mass is 9.81. The van der Waals surface area contributed by atoms with E-state index in [-0.39, 0.29) is 0 Å². The third-order valence-corrected chi connectivity index (χ3v) is 11.4. The summed E-state index contributed by atoms with van der Waals surface area (Å²) < 4.78 is 0. The first-order chi connectivity index (χ1) is 28.1. The van der Waals surface area contributed by atoms with Crippen LogP contribution in [0.4, 0.5) is 17.1 Å². The van der Waals surface area contributed by atoms with E-state index < -0.39 is 0 Å². The van der Waals surface area contributed by atoms with Gasteiger partial charge in [-0.1, -0.05) is 181 Å². The predicted molar refractivity (Wildman–Crippen MR) is 245 cm³/mol. The van der Waals surface area contributed by atoms with Crippen molar-refractivity contribution in [3.8, 4) is 44.5 Å². The van der Waals surface area contributed by atoms with E-state index in [1.807, 2.05) is 0 Å². The fourth-order valence-electron chi connectivity index (χ4n) is 8.57. The summed E-state index contributed by atoms with van der Waals surface area (Å²) in [6.45, 7) is 4.29. The zero-order chi connectivity index (χ0) is 38.3. The summed E-state index contributed by atoms with van der Waals surface area (Å²) in [4.78, 5) is 2.38. The molecular formula is C56H41N. The number of hydrogen-bond donors (Lipinski definition) is 0. The van der Waals surface area contributed by atoms with Crippen LogP contribution < -0.4 is 4.90 Å². The van der Waals surface area contributed by atoms with Crippen LogP contribution in [0.5, 0.6) is 0 Å². The smallest absolute Gasteiger partial charge is 0.0468 e. The Labute approximate surface area is 334 Å². The molecule has 0 saturated heterocycles. The van der Waals surface area contributed by atoms with E-state index in [0.29, 0.717) is 0 Å². The molecule has 0 saturated carbocycles. The summed E-state index contributed by atoms with van der Waals surface area (Å²) in [5.74, 6) is 0. The van der Waals surface area contributed by atoms with E-state index in [1.165, 1.54) is 88.0 Å². The van der Waals surface area contributed by atoms with Gasteiger partial charge in [0, 0.05) is 17.1 Å². The van der Waals surface area contributed by atoms with Gasteiger partial charge in [-0.05, 0) is 133 Å². The molecule has 0 unspecified atom stereocenters. The molecule has 0 aliphatic heterocycles. The van der Waals surface area contributed by atoms with E-state index >= 15 is 0 Å². The molecule has 0 fully saturated rings. The highest BCUT2D eigenvalue weighted by atomic mass is 15.1. The van der Waals surface area contributed by atoms with E-state index in [1.54, 1.807) is 0 Å². The fraction of sp³-hybridized carbons (Fsp3) is 0.0357. The topological polar surface area (TPSA) is 3.24 Å². The molecule has 0 radical (unpaired) electrons. The maximum Gasteiger partial charge on any atom is 0.0468 e. The van der Waals surface area contributed by atoms with Crippen molar-refractivity contribution in [1.82, 2.24) is 0 Å². The number of nitrogens with zero attached hydrogens (tertiary/aromatic N) is 1. The number of hydrogen-bond acceptors (Lipinski definition) is 1. The van der Waals surface area contributed by atoms with E-state index in [4.69, 9.17) is 0 Å². The normalized spacial score (nSPS) is 11.3. The minimum atomic E-state index is 1.12. The lowest BCUT2D eigenvalue weighted by Crippen LogP contribution is -2.10. The largest absolute Gasteiger partial charge is 0.310 e. The van der Waals surface area contributed by atoms with Crippen molar-refractivity contribution in [1.29, 1.82) is 0 Å². The highest BCUT2D eigenvalue weighted by molar-refractivity contribution is 6.33. The van der Waals surface area contributed by atoms with Gasteiger partial charge in [0.25, 0.3) is 0 Å². The molecule has 10 rings (SSSR count). The maximum absolute atomic E-state index is 2.45. The molecule has 1 nitrogen and oxygen atoms in total. The standard InChI is InChI=1S/C56H41N/c1-38-22-30-45(31-23-38)57(46-32-24-39(2)25-33-46)47-34-35-50-53(36-47)48-20-12-13-21-49(48)55-52(42-16-8-4-9-17-42)37-51(54(56(50)55)44-18-10-5-11-19-44)43-28-26-41(27-29-43)40-14-6-3-7-15-40/h3-37H,1-2H3. The Balaban J connectivity index is 1.32. The molecule has 10 aromatic rings. The lowest BCUT2D eigenvalue weighted by molar-refractivity contribution is 1.27. The zero-order valence-corrected chi connectivity index (χ0v) is 32.2. The third-order valence-electron chi connectivity index (χ3n) is 11.4. The van der Waals surface area contributed by atoms with E-state index in [0.717, 1.165) is 17.1 Å². The van der Waals surface area contributed by atoms with Gasteiger partial charge in [0.05, 0.1) is 0 Å². The van der Waals surface area contributed by atoms with Gasteiger partial charge in [-0.2, -0.15) is 0 Å². The molecule has 1 heteroatoms. The van der Waals surface area contributed by atoms with Crippen molar-refractivity contribution in [2.75, 3.05) is 4.90 Å². The second-order valence-corrected chi connectivity index (χ2v) is 15.1. The van der Waals surface area contributed by atoms with Crippen molar-refractivity contribution in [2.24, 2.45) is 0 Å². The highest BCUT2D eigenvalue weighted by Gasteiger charge is 2.23. The molecule has 0 bridgehead atoms. The summed E-state index contributed by atoms with van der Waals surface area (Å²) in [7, 11) is 0. The molecule has 0 N–H and O–H groups in total. The Hall–Kier alpha value is -7.22. The van der Waals surface area contributed by atoms with Crippen LogP contribution in [-0.4, -0.2) is 0 Å². The van der Waals surface area contributed by atoms with Gasteiger partial charge >= 0.3 is 0 Å². The minimum absolute atomic E-state index is 1.12. The zero-order valence-electron chi connectivity index (χ0n) is 32.2. The van der Waals surface area contributed by atoms with Crippen LogP contribution in [0.25, 0.3) is 76.8 Å². The average molecular weight is 728 g/mol. The number of rotatable bonds is 7. The molecule has 0 aliphatic rings. The van der Waals surface area contributed by atoms with Gasteiger partial charge < -0.3 is 4.90 Å². The fourth-order valence-corrected chi connectivity index (χ4v) is 8.57. The SMILES string of the molecule is Cc1ccc(N(c2ccc(C)cc2)c2ccc3c(c2)c2ccccc2c2c(-c4ccccc4)cc(-c4ccc(-c5ccccc5)cc4)c(-c4ccccc4)c32)cc1. The molecular weight excluding hydrogens is 687 g/mol. The van der Waals surface area contributed by atoms with Crippen molar-refractivity contribution >= 4 is 49.4 Å². The quantitative estimate of drug-likeness (QED) is 0.148. The van der Waals surface area contributed by atoms with Gasteiger partial charge in [0.15, 0.2) is 0 Å². The molecule has 0 aliphatic carbocycles. The molecule has 0 amide bonds. The first kappa shape index (κ1) is 34.3. The Bertz CT molecular complexity index is 2980. The Morgan fingerprint density at radius 2 is 0.719 bits per heavy atom. The summed E-state index contributed by atoms with van der Waals surface area (Å²) in [5, 5.41) is 7.49. The van der Waals surface area contributed by atoms with Crippen LogP contribution in [-0.2, 0) is 0 Å². The number of aryl methyl sites for hydroxylation is 2. The van der Waals surface area contributed by atoms with Gasteiger partial charge in [-0.3, -0.25) is 0 Å². The summed E-state index contributed by atoms with van der Waals surface area (Å²) in [5.41, 5.74) is 15.6. The maximum atomic E-state index is 2.45. The van der Waals surface area contributed by atoms with Gasteiger partial charge in [0.1, 0.15) is 0 Å². The number of fused-ring (bicyclic) bond motifs is 6. The van der Waals surface area contributed by atoms with Crippen LogP contribution in [0.1, 0.15) is 11.1 Å². The average Bonchev–Trinajstić information content (AvgIpc) is 3.28. The second kappa shape index (κ2) is 14.5. The van der Waals surface area contributed by atoms with Gasteiger partial charge in [0.2, 0.25) is 0 Å². The molecule has 0 aromatic heterocycles. The van der Waals surface area contributed by atoms with Crippen molar-refractivity contribution in [3.05, 3.63) is 223 Å². The molecule has 0 atom stereocenters. The number of anilines is 3. The minimum Gasteiger partial charge on any atom is -0.310 e. The summed E-state index contributed by atoms with van der Waals surface area (Å²) >= 11 is 0. The van der Waals surface area contributed by atoms with E-state index in [9.17, 15) is 0 Å². The molecule has 57 heavy (non-hydrogen) atoms. The van der Waals surface area contributed by atoms with Crippen LogP contribution in [0.2, 0.25) is 0 Å².